The molecule has 0 amide bonds. The van der Waals surface area contributed by atoms with Gasteiger partial charge in [-0.05, 0) is 27.3 Å². The molecule has 2 unspecified atom stereocenters. The Hall–Kier alpha value is -0.460. The van der Waals surface area contributed by atoms with Crippen molar-refractivity contribution in [3.05, 3.63) is 0 Å². The number of aliphatic imine (C=N–C) groups is 1. The molecule has 2 saturated heterocycles. The monoisotopic (exact) mass is 341 g/mol. The number of likely N-dealkylation sites (N-methyl/N-ethyl adjacent to an activating group) is 1. The van der Waals surface area contributed by atoms with Crippen molar-refractivity contribution < 1.29 is 0 Å². The molecule has 2 rings (SSSR count). The van der Waals surface area contributed by atoms with Gasteiger partial charge in [-0.25, -0.2) is 0 Å². The van der Waals surface area contributed by atoms with Crippen molar-refractivity contribution >= 4 is 17.7 Å². The van der Waals surface area contributed by atoms with Crippen LogP contribution in [0.2, 0.25) is 0 Å². The second-order valence-electron chi connectivity index (χ2n) is 6.73. The molecule has 2 atom stereocenters. The summed E-state index contributed by atoms with van der Waals surface area (Å²) in [4.78, 5) is 12.4. The molecule has 2 heterocycles. The van der Waals surface area contributed by atoms with Gasteiger partial charge in [0.15, 0.2) is 5.96 Å². The first-order chi connectivity index (χ1) is 11.1. The molecule has 134 valence electrons. The summed E-state index contributed by atoms with van der Waals surface area (Å²) in [6.45, 7) is 15.6. The Morgan fingerprint density at radius 2 is 1.96 bits per heavy atom. The highest BCUT2D eigenvalue weighted by molar-refractivity contribution is 8.00. The second kappa shape index (κ2) is 9.74. The molecule has 0 saturated carbocycles. The first kappa shape index (κ1) is 18.9. The van der Waals surface area contributed by atoms with E-state index in [1.807, 2.05) is 0 Å². The molecule has 2 fully saturated rings. The first-order valence-corrected chi connectivity index (χ1v) is 10.3. The highest BCUT2D eigenvalue weighted by Gasteiger charge is 2.22. The van der Waals surface area contributed by atoms with Crippen LogP contribution < -0.4 is 5.32 Å². The largest absolute Gasteiger partial charge is 0.357 e. The minimum atomic E-state index is 0.526. The van der Waals surface area contributed by atoms with Crippen molar-refractivity contribution in [2.45, 2.75) is 38.5 Å². The lowest BCUT2D eigenvalue weighted by atomic mass is 10.2. The minimum Gasteiger partial charge on any atom is -0.357 e. The fourth-order valence-corrected chi connectivity index (χ4v) is 4.36. The van der Waals surface area contributed by atoms with Crippen molar-refractivity contribution in [3.63, 3.8) is 0 Å². The zero-order chi connectivity index (χ0) is 16.7. The van der Waals surface area contributed by atoms with Crippen LogP contribution in [0.3, 0.4) is 0 Å². The van der Waals surface area contributed by atoms with Gasteiger partial charge in [0, 0.05) is 62.9 Å². The maximum Gasteiger partial charge on any atom is 0.194 e. The zero-order valence-electron chi connectivity index (χ0n) is 15.4. The summed E-state index contributed by atoms with van der Waals surface area (Å²) < 4.78 is 0. The maximum absolute atomic E-state index is 4.97. The molecular formula is C17H35N5S. The second-order valence-corrected chi connectivity index (χ2v) is 8.14. The SMILES string of the molecule is CCNC(=NCC(C)N1CCN(C)CC1)N1CCSC(CC)C1. The van der Waals surface area contributed by atoms with E-state index in [-0.39, 0.29) is 0 Å². The van der Waals surface area contributed by atoms with E-state index in [1.165, 1.54) is 38.4 Å². The summed E-state index contributed by atoms with van der Waals surface area (Å²) in [5.74, 6) is 2.34. The van der Waals surface area contributed by atoms with Gasteiger partial charge in [0.05, 0.1) is 6.54 Å². The number of hydrogen-bond acceptors (Lipinski definition) is 4. The zero-order valence-corrected chi connectivity index (χ0v) is 16.2. The summed E-state index contributed by atoms with van der Waals surface area (Å²) in [5, 5.41) is 4.25. The number of rotatable bonds is 5. The fraction of sp³-hybridized carbons (Fsp3) is 0.941. The van der Waals surface area contributed by atoms with Gasteiger partial charge in [-0.2, -0.15) is 11.8 Å². The normalized spacial score (nSPS) is 26.3. The Labute approximate surface area is 146 Å². The van der Waals surface area contributed by atoms with Crippen LogP contribution in [0, 0.1) is 0 Å². The quantitative estimate of drug-likeness (QED) is 0.604. The van der Waals surface area contributed by atoms with Gasteiger partial charge < -0.3 is 15.1 Å². The third kappa shape index (κ3) is 5.84. The Bertz CT molecular complexity index is 368. The highest BCUT2D eigenvalue weighted by Crippen LogP contribution is 2.21. The molecule has 0 aromatic heterocycles. The third-order valence-corrected chi connectivity index (χ3v) is 6.27. The molecule has 2 aliphatic rings. The summed E-state index contributed by atoms with van der Waals surface area (Å²) in [5.41, 5.74) is 0. The summed E-state index contributed by atoms with van der Waals surface area (Å²) >= 11 is 2.11. The number of hydrogen-bond donors (Lipinski definition) is 1. The van der Waals surface area contributed by atoms with Gasteiger partial charge in [0.1, 0.15) is 0 Å². The van der Waals surface area contributed by atoms with E-state index in [2.05, 4.69) is 59.6 Å². The average Bonchev–Trinajstić information content (AvgIpc) is 2.59. The van der Waals surface area contributed by atoms with E-state index >= 15 is 0 Å². The van der Waals surface area contributed by atoms with Crippen molar-refractivity contribution in [1.29, 1.82) is 0 Å². The number of thioether (sulfide) groups is 1. The minimum absolute atomic E-state index is 0.526. The molecule has 0 spiro atoms. The molecule has 0 aromatic rings. The lowest BCUT2D eigenvalue weighted by Crippen LogP contribution is -2.50. The van der Waals surface area contributed by atoms with Crippen LogP contribution in [0.15, 0.2) is 4.99 Å². The molecule has 5 nitrogen and oxygen atoms in total. The van der Waals surface area contributed by atoms with Gasteiger partial charge >= 0.3 is 0 Å². The predicted molar refractivity (Wildman–Crippen MR) is 103 cm³/mol. The van der Waals surface area contributed by atoms with Crippen LogP contribution in [-0.4, -0.2) is 97.1 Å². The van der Waals surface area contributed by atoms with E-state index < -0.39 is 0 Å². The van der Waals surface area contributed by atoms with Crippen LogP contribution >= 0.6 is 11.8 Å². The molecule has 0 bridgehead atoms. The van der Waals surface area contributed by atoms with Crippen molar-refractivity contribution in [3.8, 4) is 0 Å². The lowest BCUT2D eigenvalue weighted by molar-refractivity contribution is 0.122. The van der Waals surface area contributed by atoms with Gasteiger partial charge in [0.25, 0.3) is 0 Å². The molecule has 23 heavy (non-hydrogen) atoms. The van der Waals surface area contributed by atoms with Gasteiger partial charge in [-0.3, -0.25) is 9.89 Å². The van der Waals surface area contributed by atoms with Crippen LogP contribution in [0.5, 0.6) is 0 Å². The van der Waals surface area contributed by atoms with Gasteiger partial charge in [-0.1, -0.05) is 6.92 Å². The van der Waals surface area contributed by atoms with Gasteiger partial charge in [0.2, 0.25) is 0 Å². The van der Waals surface area contributed by atoms with E-state index in [0.717, 1.165) is 37.4 Å². The average molecular weight is 342 g/mol. The van der Waals surface area contributed by atoms with Crippen LogP contribution in [0.4, 0.5) is 0 Å². The molecule has 0 aliphatic carbocycles. The Balaban J connectivity index is 1.89. The summed E-state index contributed by atoms with van der Waals surface area (Å²) in [6.07, 6.45) is 1.25. The standard InChI is InChI=1S/C17H35N5S/c1-5-16-14-22(11-12-23-16)17(18-6-2)19-13-15(3)21-9-7-20(4)8-10-21/h15-16H,5-14H2,1-4H3,(H,18,19). The molecule has 0 radical (unpaired) electrons. The van der Waals surface area contributed by atoms with E-state index in [4.69, 9.17) is 4.99 Å². The third-order valence-electron chi connectivity index (χ3n) is 4.90. The Morgan fingerprint density at radius 1 is 1.22 bits per heavy atom. The molecule has 1 N–H and O–H groups in total. The topological polar surface area (TPSA) is 34.1 Å². The van der Waals surface area contributed by atoms with E-state index in [0.29, 0.717) is 6.04 Å². The molecule has 2 aliphatic heterocycles. The van der Waals surface area contributed by atoms with Crippen molar-refractivity contribution in [2.75, 3.05) is 65.2 Å². The van der Waals surface area contributed by atoms with Gasteiger partial charge in [-0.15, -0.1) is 0 Å². The first-order valence-electron chi connectivity index (χ1n) is 9.21. The van der Waals surface area contributed by atoms with Crippen LogP contribution in [-0.2, 0) is 0 Å². The summed E-state index contributed by atoms with van der Waals surface area (Å²) in [7, 11) is 2.21. The predicted octanol–water partition coefficient (Wildman–Crippen LogP) is 1.42. The van der Waals surface area contributed by atoms with E-state index in [1.54, 1.807) is 0 Å². The molecule has 0 aromatic carbocycles. The lowest BCUT2D eigenvalue weighted by Gasteiger charge is -2.37. The van der Waals surface area contributed by atoms with Crippen molar-refractivity contribution in [2.24, 2.45) is 4.99 Å². The molecule has 6 heteroatoms. The number of nitrogens with zero attached hydrogens (tertiary/aromatic N) is 4. The number of guanidine groups is 1. The number of piperazine rings is 1. The van der Waals surface area contributed by atoms with Crippen LogP contribution in [0.25, 0.3) is 0 Å². The van der Waals surface area contributed by atoms with E-state index in [9.17, 15) is 0 Å². The van der Waals surface area contributed by atoms with Crippen molar-refractivity contribution in [1.82, 2.24) is 20.0 Å². The highest BCUT2D eigenvalue weighted by atomic mass is 32.2. The Morgan fingerprint density at radius 3 is 2.61 bits per heavy atom. The smallest absolute Gasteiger partial charge is 0.194 e. The van der Waals surface area contributed by atoms with Crippen LogP contribution in [0.1, 0.15) is 27.2 Å². The number of nitrogens with one attached hydrogen (secondary N) is 1. The fourth-order valence-electron chi connectivity index (χ4n) is 3.18. The molecular weight excluding hydrogens is 306 g/mol. The Kier molecular flexibility index (Phi) is 7.99. The maximum atomic E-state index is 4.97. The summed E-state index contributed by atoms with van der Waals surface area (Å²) in [6, 6.07) is 0.526.